The highest BCUT2D eigenvalue weighted by atomic mass is 16.5. The zero-order chi connectivity index (χ0) is 20.6. The zero-order valence-electron chi connectivity index (χ0n) is 16.5. The molecule has 0 aromatic heterocycles. The van der Waals surface area contributed by atoms with Crippen LogP contribution in [-0.4, -0.2) is 5.78 Å². The minimum Gasteiger partial charge on any atom is -0.488 e. The molecular weight excluding hydrogens is 372 g/mol. The van der Waals surface area contributed by atoms with Gasteiger partial charge in [0.05, 0.1) is 11.1 Å². The number of ketones is 1. The molecule has 4 rings (SSSR count). The molecule has 0 aliphatic rings. The van der Waals surface area contributed by atoms with Gasteiger partial charge in [0.15, 0.2) is 5.78 Å². The van der Waals surface area contributed by atoms with Crippen LogP contribution in [0.2, 0.25) is 0 Å². The Morgan fingerprint density at radius 2 is 0.867 bits per heavy atom. The molecule has 4 aromatic rings. The molecule has 3 heteroatoms. The van der Waals surface area contributed by atoms with Crippen LogP contribution in [-0.2, 0) is 13.2 Å². The molecule has 0 N–H and O–H groups in total. The van der Waals surface area contributed by atoms with Gasteiger partial charge in [-0.3, -0.25) is 4.79 Å². The third-order valence-electron chi connectivity index (χ3n) is 4.74. The number of carbonyl (C=O) groups is 1. The van der Waals surface area contributed by atoms with Crippen LogP contribution in [0.1, 0.15) is 27.0 Å². The van der Waals surface area contributed by atoms with Gasteiger partial charge in [-0.05, 0) is 35.4 Å². The number of rotatable bonds is 8. The van der Waals surface area contributed by atoms with E-state index in [2.05, 4.69) is 0 Å². The predicted molar refractivity (Wildman–Crippen MR) is 118 cm³/mol. The van der Waals surface area contributed by atoms with Crippen molar-refractivity contribution in [3.63, 3.8) is 0 Å². The summed E-state index contributed by atoms with van der Waals surface area (Å²) >= 11 is 0. The van der Waals surface area contributed by atoms with Crippen molar-refractivity contribution in [2.24, 2.45) is 0 Å². The number of ether oxygens (including phenoxy) is 2. The first-order valence-corrected chi connectivity index (χ1v) is 9.87. The van der Waals surface area contributed by atoms with E-state index in [0.29, 0.717) is 35.8 Å². The van der Waals surface area contributed by atoms with E-state index in [4.69, 9.17) is 9.47 Å². The van der Waals surface area contributed by atoms with E-state index in [1.54, 1.807) is 12.1 Å². The van der Waals surface area contributed by atoms with Crippen molar-refractivity contribution in [2.45, 2.75) is 13.2 Å². The molecule has 0 bridgehead atoms. The third-order valence-corrected chi connectivity index (χ3v) is 4.74. The van der Waals surface area contributed by atoms with Crippen LogP contribution in [0, 0.1) is 0 Å². The highest BCUT2D eigenvalue weighted by Gasteiger charge is 2.18. The molecule has 30 heavy (non-hydrogen) atoms. The highest BCUT2D eigenvalue weighted by molar-refractivity contribution is 6.12. The second kappa shape index (κ2) is 9.57. The van der Waals surface area contributed by atoms with Gasteiger partial charge in [-0.1, -0.05) is 84.9 Å². The molecule has 0 saturated heterocycles. The number of para-hydroxylation sites is 2. The fourth-order valence-corrected chi connectivity index (χ4v) is 3.18. The Morgan fingerprint density at radius 1 is 0.500 bits per heavy atom. The Hall–Kier alpha value is -3.85. The molecule has 0 heterocycles. The number of hydrogen-bond acceptors (Lipinski definition) is 3. The Kier molecular flexibility index (Phi) is 6.21. The molecule has 0 unspecified atom stereocenters. The van der Waals surface area contributed by atoms with Gasteiger partial charge in [-0.2, -0.15) is 0 Å². The van der Waals surface area contributed by atoms with Crippen LogP contribution in [0.15, 0.2) is 109 Å². The van der Waals surface area contributed by atoms with E-state index < -0.39 is 0 Å². The molecular formula is C27H22O3. The van der Waals surface area contributed by atoms with Gasteiger partial charge in [0, 0.05) is 0 Å². The highest BCUT2D eigenvalue weighted by Crippen LogP contribution is 2.27. The smallest absolute Gasteiger partial charge is 0.200 e. The van der Waals surface area contributed by atoms with E-state index in [1.165, 1.54) is 0 Å². The van der Waals surface area contributed by atoms with Crippen LogP contribution in [0.25, 0.3) is 0 Å². The lowest BCUT2D eigenvalue weighted by atomic mass is 10.0. The van der Waals surface area contributed by atoms with Crippen LogP contribution in [0.5, 0.6) is 11.5 Å². The minimum absolute atomic E-state index is 0.123. The SMILES string of the molecule is O=C(c1ccccc1OCc1ccccc1)c1ccccc1OCc1ccccc1. The monoisotopic (exact) mass is 394 g/mol. The first kappa shape index (κ1) is 19.5. The second-order valence-corrected chi connectivity index (χ2v) is 6.87. The Labute approximate surface area is 176 Å². The standard InChI is InChI=1S/C27H22O3/c28-27(23-15-7-9-17-25(23)29-19-21-11-3-1-4-12-21)24-16-8-10-18-26(24)30-20-22-13-5-2-6-14-22/h1-18H,19-20H2. The molecule has 0 spiro atoms. The van der Waals surface area contributed by atoms with Crippen molar-refractivity contribution < 1.29 is 14.3 Å². The van der Waals surface area contributed by atoms with Gasteiger partial charge in [0.1, 0.15) is 24.7 Å². The maximum atomic E-state index is 13.4. The van der Waals surface area contributed by atoms with Gasteiger partial charge < -0.3 is 9.47 Å². The van der Waals surface area contributed by atoms with Gasteiger partial charge in [0.2, 0.25) is 0 Å². The van der Waals surface area contributed by atoms with E-state index >= 15 is 0 Å². The fraction of sp³-hybridized carbons (Fsp3) is 0.0741. The van der Waals surface area contributed by atoms with Crippen molar-refractivity contribution in [1.82, 2.24) is 0 Å². The van der Waals surface area contributed by atoms with E-state index in [0.717, 1.165) is 11.1 Å². The molecule has 0 atom stereocenters. The molecule has 3 nitrogen and oxygen atoms in total. The molecule has 0 fully saturated rings. The summed E-state index contributed by atoms with van der Waals surface area (Å²) in [5.74, 6) is 0.996. The topological polar surface area (TPSA) is 35.5 Å². The summed E-state index contributed by atoms with van der Waals surface area (Å²) in [5.41, 5.74) is 3.13. The average molecular weight is 394 g/mol. The number of carbonyl (C=O) groups excluding carboxylic acids is 1. The van der Waals surface area contributed by atoms with Crippen molar-refractivity contribution in [1.29, 1.82) is 0 Å². The van der Waals surface area contributed by atoms with E-state index in [1.807, 2.05) is 97.1 Å². The summed E-state index contributed by atoms with van der Waals surface area (Å²) in [6.45, 7) is 0.800. The molecule has 0 amide bonds. The lowest BCUT2D eigenvalue weighted by molar-refractivity contribution is 0.103. The molecule has 0 radical (unpaired) electrons. The first-order chi connectivity index (χ1) is 14.8. The Balaban J connectivity index is 1.55. The van der Waals surface area contributed by atoms with E-state index in [9.17, 15) is 4.79 Å². The third kappa shape index (κ3) is 4.76. The maximum Gasteiger partial charge on any atom is 0.200 e. The van der Waals surface area contributed by atoms with Gasteiger partial charge in [-0.15, -0.1) is 0 Å². The van der Waals surface area contributed by atoms with Crippen LogP contribution in [0.4, 0.5) is 0 Å². The predicted octanol–water partition coefficient (Wildman–Crippen LogP) is 6.08. The summed E-state index contributed by atoms with van der Waals surface area (Å²) in [5, 5.41) is 0. The molecule has 0 saturated carbocycles. The summed E-state index contributed by atoms with van der Waals surface area (Å²) in [6.07, 6.45) is 0. The first-order valence-electron chi connectivity index (χ1n) is 9.87. The summed E-state index contributed by atoms with van der Waals surface area (Å²) in [4.78, 5) is 13.4. The quantitative estimate of drug-likeness (QED) is 0.340. The van der Waals surface area contributed by atoms with E-state index in [-0.39, 0.29) is 5.78 Å². The normalized spacial score (nSPS) is 10.4. The fourth-order valence-electron chi connectivity index (χ4n) is 3.18. The summed E-state index contributed by atoms with van der Waals surface area (Å²) in [7, 11) is 0. The molecule has 148 valence electrons. The van der Waals surface area contributed by atoms with Crippen LogP contribution in [0.3, 0.4) is 0 Å². The van der Waals surface area contributed by atoms with Crippen LogP contribution < -0.4 is 9.47 Å². The largest absolute Gasteiger partial charge is 0.488 e. The number of benzene rings is 4. The minimum atomic E-state index is -0.123. The molecule has 0 aliphatic heterocycles. The van der Waals surface area contributed by atoms with Gasteiger partial charge in [0.25, 0.3) is 0 Å². The lowest BCUT2D eigenvalue weighted by Gasteiger charge is -2.14. The summed E-state index contributed by atoms with van der Waals surface area (Å²) in [6, 6.07) is 34.4. The summed E-state index contributed by atoms with van der Waals surface area (Å²) < 4.78 is 11.9. The van der Waals surface area contributed by atoms with Crippen molar-refractivity contribution in [3.8, 4) is 11.5 Å². The van der Waals surface area contributed by atoms with Crippen molar-refractivity contribution >= 4 is 5.78 Å². The Morgan fingerprint density at radius 3 is 1.30 bits per heavy atom. The zero-order valence-corrected chi connectivity index (χ0v) is 16.5. The maximum absolute atomic E-state index is 13.4. The molecule has 0 aliphatic carbocycles. The lowest BCUT2D eigenvalue weighted by Crippen LogP contribution is -2.08. The van der Waals surface area contributed by atoms with Crippen molar-refractivity contribution in [2.75, 3.05) is 0 Å². The number of hydrogen-bond donors (Lipinski definition) is 0. The Bertz CT molecular complexity index is 1020. The second-order valence-electron chi connectivity index (χ2n) is 6.87. The van der Waals surface area contributed by atoms with Crippen molar-refractivity contribution in [3.05, 3.63) is 131 Å². The van der Waals surface area contributed by atoms with Crippen LogP contribution >= 0.6 is 0 Å². The average Bonchev–Trinajstić information content (AvgIpc) is 2.83. The van der Waals surface area contributed by atoms with Gasteiger partial charge in [-0.25, -0.2) is 0 Å². The van der Waals surface area contributed by atoms with Gasteiger partial charge >= 0.3 is 0 Å². The molecule has 4 aromatic carbocycles.